The van der Waals surface area contributed by atoms with Gasteiger partial charge in [0.15, 0.2) is 0 Å². The normalized spacial score (nSPS) is 13.2. The largest absolute Gasteiger partial charge is 0.392 e. The van der Waals surface area contributed by atoms with Gasteiger partial charge >= 0.3 is 0 Å². The number of thiophene rings is 1. The first kappa shape index (κ1) is 18.5. The van der Waals surface area contributed by atoms with Gasteiger partial charge in [-0.15, -0.1) is 0 Å². The summed E-state index contributed by atoms with van der Waals surface area (Å²) in [5.74, 6) is 1.75. The topological polar surface area (TPSA) is 78.9 Å². The Morgan fingerprint density at radius 1 is 1.22 bits per heavy atom. The SMILES string of the molecule is CCN1c2ncccc2-c2cscc2-c2ccc(/C(C=N)=C(/N)SI)nc21. The van der Waals surface area contributed by atoms with E-state index in [2.05, 4.69) is 60.9 Å². The minimum Gasteiger partial charge on any atom is -0.392 e. The zero-order valence-corrected chi connectivity index (χ0v) is 18.2. The summed E-state index contributed by atoms with van der Waals surface area (Å²) in [5, 5.41) is 12.7. The number of pyridine rings is 2. The number of halogens is 1. The molecule has 3 N–H and O–H groups in total. The predicted molar refractivity (Wildman–Crippen MR) is 125 cm³/mol. The fourth-order valence-corrected chi connectivity index (χ4v) is 5.07. The molecule has 8 heteroatoms. The molecule has 5 nitrogen and oxygen atoms in total. The molecule has 3 aromatic rings. The minimum absolute atomic E-state index is 0.574. The van der Waals surface area contributed by atoms with E-state index in [1.165, 1.54) is 20.7 Å². The molecule has 4 rings (SSSR count). The van der Waals surface area contributed by atoms with Crippen LogP contribution in [0.1, 0.15) is 12.6 Å². The second-order valence-electron chi connectivity index (χ2n) is 5.89. The average molecular weight is 505 g/mol. The van der Waals surface area contributed by atoms with Crippen molar-refractivity contribution >= 4 is 64.9 Å². The molecule has 0 bridgehead atoms. The van der Waals surface area contributed by atoms with Crippen LogP contribution in [0.4, 0.5) is 11.6 Å². The van der Waals surface area contributed by atoms with Crippen LogP contribution in [0.2, 0.25) is 0 Å². The van der Waals surface area contributed by atoms with Gasteiger partial charge < -0.3 is 16.0 Å². The number of nitrogens with one attached hydrogen (secondary N) is 1. The van der Waals surface area contributed by atoms with Gasteiger partial charge in [0.1, 0.15) is 11.6 Å². The van der Waals surface area contributed by atoms with Crippen molar-refractivity contribution in [1.82, 2.24) is 9.97 Å². The summed E-state index contributed by atoms with van der Waals surface area (Å²) in [6.07, 6.45) is 3.08. The maximum absolute atomic E-state index is 7.78. The zero-order valence-electron chi connectivity index (χ0n) is 14.4. The number of anilines is 2. The fourth-order valence-electron chi connectivity index (χ4n) is 3.26. The Hall–Kier alpha value is -1.91. The Morgan fingerprint density at radius 3 is 2.63 bits per heavy atom. The minimum atomic E-state index is 0.574. The molecular weight excluding hydrogens is 489 g/mol. The molecule has 0 unspecified atom stereocenters. The van der Waals surface area contributed by atoms with E-state index in [4.69, 9.17) is 16.1 Å². The lowest BCUT2D eigenvalue weighted by atomic mass is 10.0. The van der Waals surface area contributed by atoms with E-state index >= 15 is 0 Å². The smallest absolute Gasteiger partial charge is 0.142 e. The monoisotopic (exact) mass is 505 g/mol. The standard InChI is InChI=1S/C19H16IN5S2/c1-2-25-18-11(4-3-7-23-18)14-9-26-10-15(14)12-5-6-16(24-19(12)25)13(8-21)17(22)27-20/h3-10,21H,2,22H2,1H3/b17-13-,21-8?. The van der Waals surface area contributed by atoms with Crippen molar-refractivity contribution in [2.75, 3.05) is 11.4 Å². The summed E-state index contributed by atoms with van der Waals surface area (Å²) in [4.78, 5) is 11.7. The Morgan fingerprint density at radius 2 is 1.96 bits per heavy atom. The van der Waals surface area contributed by atoms with Gasteiger partial charge in [-0.25, -0.2) is 9.97 Å². The van der Waals surface area contributed by atoms with Crippen LogP contribution in [0.3, 0.4) is 0 Å². The van der Waals surface area contributed by atoms with Gasteiger partial charge in [0, 0.05) is 68.0 Å². The van der Waals surface area contributed by atoms with Gasteiger partial charge in [0.05, 0.1) is 10.7 Å². The number of allylic oxidation sites excluding steroid dienone is 1. The van der Waals surface area contributed by atoms with E-state index in [-0.39, 0.29) is 0 Å². The first-order valence-corrected chi connectivity index (χ1v) is 12.6. The molecule has 3 aromatic heterocycles. The lowest BCUT2D eigenvalue weighted by molar-refractivity contribution is 0.965. The Labute approximate surface area is 177 Å². The second-order valence-corrected chi connectivity index (χ2v) is 8.54. The molecule has 0 atom stereocenters. The van der Waals surface area contributed by atoms with Crippen LogP contribution in [0.5, 0.6) is 0 Å². The molecule has 0 fully saturated rings. The highest BCUT2D eigenvalue weighted by molar-refractivity contribution is 14.2. The van der Waals surface area contributed by atoms with Gasteiger partial charge in [-0.05, 0) is 50.9 Å². The third kappa shape index (κ3) is 3.05. The number of aromatic nitrogens is 2. The highest BCUT2D eigenvalue weighted by atomic mass is 127. The van der Waals surface area contributed by atoms with E-state index in [9.17, 15) is 0 Å². The molecule has 0 aliphatic carbocycles. The number of nitrogens with zero attached hydrogens (tertiary/aromatic N) is 3. The van der Waals surface area contributed by atoms with Gasteiger partial charge in [-0.3, -0.25) is 0 Å². The van der Waals surface area contributed by atoms with E-state index in [0.717, 1.165) is 34.9 Å². The third-order valence-corrected chi connectivity index (χ3v) is 7.05. The van der Waals surface area contributed by atoms with Crippen LogP contribution in [0.25, 0.3) is 27.8 Å². The van der Waals surface area contributed by atoms with Crippen LogP contribution < -0.4 is 10.6 Å². The van der Waals surface area contributed by atoms with Crippen LogP contribution in [0, 0.1) is 5.41 Å². The molecule has 0 radical (unpaired) electrons. The van der Waals surface area contributed by atoms with Crippen molar-refractivity contribution in [3.63, 3.8) is 0 Å². The second kappa shape index (κ2) is 7.61. The first-order chi connectivity index (χ1) is 13.2. The van der Waals surface area contributed by atoms with E-state index < -0.39 is 0 Å². The molecule has 1 aliphatic heterocycles. The van der Waals surface area contributed by atoms with Crippen molar-refractivity contribution in [3.05, 3.63) is 51.9 Å². The lowest BCUT2D eigenvalue weighted by Gasteiger charge is -2.23. The molecule has 27 heavy (non-hydrogen) atoms. The summed E-state index contributed by atoms with van der Waals surface area (Å²) in [6, 6.07) is 8.10. The van der Waals surface area contributed by atoms with Crippen molar-refractivity contribution in [2.45, 2.75) is 6.92 Å². The lowest BCUT2D eigenvalue weighted by Crippen LogP contribution is -2.20. The molecule has 0 spiro atoms. The Balaban J connectivity index is 2.02. The predicted octanol–water partition coefficient (Wildman–Crippen LogP) is 5.70. The molecule has 4 heterocycles. The van der Waals surface area contributed by atoms with Gasteiger partial charge in [-0.2, -0.15) is 11.3 Å². The maximum Gasteiger partial charge on any atom is 0.142 e. The Kier molecular flexibility index (Phi) is 5.20. The third-order valence-electron chi connectivity index (χ3n) is 4.50. The molecule has 136 valence electrons. The van der Waals surface area contributed by atoms with Gasteiger partial charge in [0.25, 0.3) is 0 Å². The van der Waals surface area contributed by atoms with Gasteiger partial charge in [0.2, 0.25) is 0 Å². The van der Waals surface area contributed by atoms with Crippen molar-refractivity contribution in [2.24, 2.45) is 5.73 Å². The molecule has 0 aromatic carbocycles. The van der Waals surface area contributed by atoms with Crippen molar-refractivity contribution in [3.8, 4) is 22.3 Å². The van der Waals surface area contributed by atoms with Crippen LogP contribution in [-0.2, 0) is 0 Å². The molecule has 1 aliphatic rings. The number of hydrogen-bond donors (Lipinski definition) is 2. The average Bonchev–Trinajstić information content (AvgIpc) is 3.15. The summed E-state index contributed by atoms with van der Waals surface area (Å²) in [7, 11) is 1.39. The molecule has 0 saturated heterocycles. The number of nitrogens with two attached hydrogens (primary N) is 1. The summed E-state index contributed by atoms with van der Waals surface area (Å²) in [5.41, 5.74) is 11.9. The van der Waals surface area contributed by atoms with Crippen molar-refractivity contribution in [1.29, 1.82) is 5.41 Å². The van der Waals surface area contributed by atoms with E-state index in [0.29, 0.717) is 16.3 Å². The van der Waals surface area contributed by atoms with Crippen LogP contribution >= 0.6 is 41.5 Å². The van der Waals surface area contributed by atoms with Crippen LogP contribution in [0.15, 0.2) is 46.3 Å². The summed E-state index contributed by atoms with van der Waals surface area (Å²) >= 11 is 3.80. The fraction of sp³-hybridized carbons (Fsp3) is 0.105. The number of hydrogen-bond acceptors (Lipinski definition) is 7. The molecule has 0 amide bonds. The van der Waals surface area contributed by atoms with E-state index in [1.807, 2.05) is 18.3 Å². The van der Waals surface area contributed by atoms with E-state index in [1.54, 1.807) is 11.3 Å². The summed E-state index contributed by atoms with van der Waals surface area (Å²) in [6.45, 7) is 2.83. The zero-order chi connectivity index (χ0) is 19.0. The highest BCUT2D eigenvalue weighted by Crippen LogP contribution is 2.47. The quantitative estimate of drug-likeness (QED) is 0.351. The number of rotatable bonds is 4. The first-order valence-electron chi connectivity index (χ1n) is 8.29. The highest BCUT2D eigenvalue weighted by Gasteiger charge is 2.27. The van der Waals surface area contributed by atoms with Gasteiger partial charge in [-0.1, -0.05) is 0 Å². The maximum atomic E-state index is 7.78. The van der Waals surface area contributed by atoms with Crippen molar-refractivity contribution < 1.29 is 0 Å². The Bertz CT molecular complexity index is 1060. The number of fused-ring (bicyclic) bond motifs is 5. The molecular formula is C19H16IN5S2. The van der Waals surface area contributed by atoms with Crippen LogP contribution in [-0.4, -0.2) is 22.7 Å². The molecule has 0 saturated carbocycles. The summed E-state index contributed by atoms with van der Waals surface area (Å²) < 4.78 is 0.